The minimum Gasteiger partial charge on any atom is -0.508 e. The highest BCUT2D eigenvalue weighted by molar-refractivity contribution is 5.99. The molecule has 4 amide bonds. The maximum atomic E-state index is 14.3. The highest BCUT2D eigenvalue weighted by Gasteiger charge is 2.36. The number of para-hydroxylation sites is 1. The zero-order valence-corrected chi connectivity index (χ0v) is 26.2. The SMILES string of the molecule is CCCCCCCCN(C(=O)C(CCC(N)=O)NC(=O)OC(C)(C)C)C(C(=O)Nc1ccccc1C)c1cccc(O)c1. The number of nitrogens with zero attached hydrogens (tertiary/aromatic N) is 1. The summed E-state index contributed by atoms with van der Waals surface area (Å²) in [6.45, 7) is 9.30. The van der Waals surface area contributed by atoms with Gasteiger partial charge < -0.3 is 31.1 Å². The molecular weight excluding hydrogens is 548 g/mol. The molecule has 43 heavy (non-hydrogen) atoms. The van der Waals surface area contributed by atoms with Gasteiger partial charge in [0.05, 0.1) is 0 Å². The average molecular weight is 597 g/mol. The number of phenols is 1. The van der Waals surface area contributed by atoms with Gasteiger partial charge in [0.2, 0.25) is 11.8 Å². The summed E-state index contributed by atoms with van der Waals surface area (Å²) in [6, 6.07) is 11.2. The summed E-state index contributed by atoms with van der Waals surface area (Å²) in [4.78, 5) is 54.2. The zero-order chi connectivity index (χ0) is 32.0. The summed E-state index contributed by atoms with van der Waals surface area (Å²) in [7, 11) is 0. The van der Waals surface area contributed by atoms with Crippen LogP contribution in [0.5, 0.6) is 5.75 Å². The lowest BCUT2D eigenvalue weighted by molar-refractivity contribution is -0.141. The summed E-state index contributed by atoms with van der Waals surface area (Å²) in [5.41, 5.74) is 6.40. The fourth-order valence-corrected chi connectivity index (χ4v) is 4.70. The summed E-state index contributed by atoms with van der Waals surface area (Å²) in [5, 5.41) is 15.9. The van der Waals surface area contributed by atoms with Crippen molar-refractivity contribution in [2.45, 2.75) is 104 Å². The predicted octanol–water partition coefficient (Wildman–Crippen LogP) is 5.73. The second-order valence-electron chi connectivity index (χ2n) is 11.8. The highest BCUT2D eigenvalue weighted by atomic mass is 16.6. The molecule has 2 aromatic carbocycles. The molecule has 0 aliphatic heterocycles. The number of aromatic hydroxyl groups is 1. The number of alkyl carbamates (subject to hydrolysis) is 1. The number of benzene rings is 2. The monoisotopic (exact) mass is 596 g/mol. The molecule has 0 fully saturated rings. The molecule has 0 aliphatic carbocycles. The van der Waals surface area contributed by atoms with Crippen molar-refractivity contribution in [1.82, 2.24) is 10.2 Å². The molecule has 0 saturated heterocycles. The number of phenolic OH excluding ortho intramolecular Hbond substituents is 1. The molecule has 0 heterocycles. The lowest BCUT2D eigenvalue weighted by Crippen LogP contribution is -2.52. The van der Waals surface area contributed by atoms with Crippen LogP contribution in [-0.4, -0.2) is 52.0 Å². The number of rotatable bonds is 16. The van der Waals surface area contributed by atoms with Crippen molar-refractivity contribution in [1.29, 1.82) is 0 Å². The summed E-state index contributed by atoms with van der Waals surface area (Å²) in [5.74, 6) is -1.73. The van der Waals surface area contributed by atoms with Crippen LogP contribution >= 0.6 is 0 Å². The highest BCUT2D eigenvalue weighted by Crippen LogP contribution is 2.28. The molecule has 236 valence electrons. The molecule has 0 aliphatic rings. The number of ether oxygens (including phenoxy) is 1. The van der Waals surface area contributed by atoms with Gasteiger partial charge >= 0.3 is 6.09 Å². The van der Waals surface area contributed by atoms with E-state index in [1.54, 1.807) is 45.0 Å². The number of unbranched alkanes of at least 4 members (excludes halogenated alkanes) is 5. The third-order valence-electron chi connectivity index (χ3n) is 6.85. The fraction of sp³-hybridized carbons (Fsp3) is 0.515. The number of nitrogens with two attached hydrogens (primary N) is 1. The average Bonchev–Trinajstić information content (AvgIpc) is 2.92. The first-order chi connectivity index (χ1) is 20.3. The Labute approximate surface area is 255 Å². The van der Waals surface area contributed by atoms with E-state index < -0.39 is 41.5 Å². The molecule has 5 N–H and O–H groups in total. The van der Waals surface area contributed by atoms with Gasteiger partial charge in [0.1, 0.15) is 23.4 Å². The second kappa shape index (κ2) is 17.1. The summed E-state index contributed by atoms with van der Waals surface area (Å²) < 4.78 is 5.39. The van der Waals surface area contributed by atoms with Crippen molar-refractivity contribution in [3.8, 4) is 5.75 Å². The van der Waals surface area contributed by atoms with Crippen LogP contribution in [0.3, 0.4) is 0 Å². The lowest BCUT2D eigenvalue weighted by atomic mass is 10.00. The van der Waals surface area contributed by atoms with Crippen LogP contribution in [0.1, 0.15) is 96.2 Å². The number of hydrogen-bond donors (Lipinski definition) is 4. The summed E-state index contributed by atoms with van der Waals surface area (Å²) >= 11 is 0. The largest absolute Gasteiger partial charge is 0.508 e. The van der Waals surface area contributed by atoms with E-state index in [0.29, 0.717) is 17.7 Å². The minimum atomic E-state index is -1.19. The van der Waals surface area contributed by atoms with Crippen molar-refractivity contribution in [3.63, 3.8) is 0 Å². The van der Waals surface area contributed by atoms with Crippen molar-refractivity contribution >= 4 is 29.5 Å². The van der Waals surface area contributed by atoms with E-state index in [0.717, 1.165) is 37.7 Å². The quantitative estimate of drug-likeness (QED) is 0.182. The number of carbonyl (C=O) groups is 4. The van der Waals surface area contributed by atoms with Gasteiger partial charge in [-0.15, -0.1) is 0 Å². The van der Waals surface area contributed by atoms with E-state index in [9.17, 15) is 24.3 Å². The molecule has 0 bridgehead atoms. The molecule has 2 aromatic rings. The molecule has 10 nitrogen and oxygen atoms in total. The third-order valence-corrected chi connectivity index (χ3v) is 6.85. The van der Waals surface area contributed by atoms with Crippen LogP contribution in [0.4, 0.5) is 10.5 Å². The topological polar surface area (TPSA) is 151 Å². The summed E-state index contributed by atoms with van der Waals surface area (Å²) in [6.07, 6.45) is 4.63. The van der Waals surface area contributed by atoms with Crippen LogP contribution in [0.2, 0.25) is 0 Å². The molecule has 0 aromatic heterocycles. The normalized spacial score (nSPS) is 12.6. The van der Waals surface area contributed by atoms with E-state index in [1.165, 1.54) is 17.0 Å². The Morgan fingerprint density at radius 2 is 1.65 bits per heavy atom. The Kier molecular flexibility index (Phi) is 14.0. The van der Waals surface area contributed by atoms with Crippen LogP contribution < -0.4 is 16.4 Å². The Bertz CT molecular complexity index is 1230. The Hall–Kier alpha value is -4.08. The van der Waals surface area contributed by atoms with Gasteiger partial charge in [-0.3, -0.25) is 14.4 Å². The maximum absolute atomic E-state index is 14.3. The first-order valence-electron chi connectivity index (χ1n) is 15.1. The molecule has 0 spiro atoms. The Morgan fingerprint density at radius 3 is 2.28 bits per heavy atom. The first kappa shape index (κ1) is 35.1. The van der Waals surface area contributed by atoms with E-state index in [4.69, 9.17) is 10.5 Å². The molecule has 0 radical (unpaired) electrons. The third kappa shape index (κ3) is 12.4. The molecular formula is C33H48N4O6. The zero-order valence-electron chi connectivity index (χ0n) is 26.2. The van der Waals surface area contributed by atoms with Gasteiger partial charge in [-0.2, -0.15) is 0 Å². The predicted molar refractivity (Wildman–Crippen MR) is 167 cm³/mol. The smallest absolute Gasteiger partial charge is 0.408 e. The van der Waals surface area contributed by atoms with Crippen molar-refractivity contribution in [2.24, 2.45) is 5.73 Å². The molecule has 10 heteroatoms. The van der Waals surface area contributed by atoms with Gasteiger partial charge in [-0.25, -0.2) is 4.79 Å². The number of hydrogen-bond acceptors (Lipinski definition) is 6. The van der Waals surface area contributed by atoms with Crippen LogP contribution in [-0.2, 0) is 19.1 Å². The molecule has 0 saturated carbocycles. The standard InChI is InChI=1S/C33H48N4O6/c1-6-7-8-9-10-13-21-37(31(41)27(19-20-28(34)39)36-32(42)43-33(3,4)5)29(24-16-14-17-25(38)22-24)30(40)35-26-18-12-11-15-23(26)2/h11-12,14-18,22,27,29,38H,6-10,13,19-21H2,1-5H3,(H2,34,39)(H,35,40)(H,36,42). The van der Waals surface area contributed by atoms with Crippen LogP contribution in [0.25, 0.3) is 0 Å². The minimum absolute atomic E-state index is 0.0599. The van der Waals surface area contributed by atoms with Crippen LogP contribution in [0.15, 0.2) is 48.5 Å². The molecule has 2 rings (SSSR count). The van der Waals surface area contributed by atoms with E-state index in [-0.39, 0.29) is 25.1 Å². The number of aryl methyl sites for hydroxylation is 1. The Balaban J connectivity index is 2.53. The van der Waals surface area contributed by atoms with Gasteiger partial charge in [-0.05, 0) is 69.9 Å². The van der Waals surface area contributed by atoms with Gasteiger partial charge in [0.25, 0.3) is 5.91 Å². The van der Waals surface area contributed by atoms with E-state index >= 15 is 0 Å². The number of nitrogens with one attached hydrogen (secondary N) is 2. The maximum Gasteiger partial charge on any atom is 0.408 e. The van der Waals surface area contributed by atoms with Gasteiger partial charge in [0, 0.05) is 18.7 Å². The van der Waals surface area contributed by atoms with E-state index in [1.807, 2.05) is 19.1 Å². The second-order valence-corrected chi connectivity index (χ2v) is 11.8. The van der Waals surface area contributed by atoms with Crippen molar-refractivity contribution < 1.29 is 29.0 Å². The van der Waals surface area contributed by atoms with Crippen LogP contribution in [0, 0.1) is 6.92 Å². The molecule has 2 unspecified atom stereocenters. The van der Waals surface area contributed by atoms with Crippen molar-refractivity contribution in [2.75, 3.05) is 11.9 Å². The first-order valence-corrected chi connectivity index (χ1v) is 15.1. The van der Waals surface area contributed by atoms with Gasteiger partial charge in [0.15, 0.2) is 0 Å². The van der Waals surface area contributed by atoms with Gasteiger partial charge in [-0.1, -0.05) is 69.4 Å². The number of primary amides is 1. The molecule has 2 atom stereocenters. The Morgan fingerprint density at radius 1 is 0.977 bits per heavy atom. The number of amides is 4. The van der Waals surface area contributed by atoms with E-state index in [2.05, 4.69) is 17.6 Å². The number of carbonyl (C=O) groups excluding carboxylic acids is 4. The van der Waals surface area contributed by atoms with Crippen molar-refractivity contribution in [3.05, 3.63) is 59.7 Å². The number of anilines is 1. The fourth-order valence-electron chi connectivity index (χ4n) is 4.70. The lowest BCUT2D eigenvalue weighted by Gasteiger charge is -2.34.